The van der Waals surface area contributed by atoms with E-state index in [2.05, 4.69) is 6.92 Å². The molecule has 1 fully saturated rings. The Morgan fingerprint density at radius 3 is 2.10 bits per heavy atom. The zero-order valence-corrected chi connectivity index (χ0v) is 13.5. The van der Waals surface area contributed by atoms with E-state index >= 15 is 0 Å². The van der Waals surface area contributed by atoms with Crippen LogP contribution in [0.3, 0.4) is 0 Å². The Morgan fingerprint density at radius 1 is 1.00 bits per heavy atom. The number of hydrogen-bond acceptors (Lipinski definition) is 2. The molecule has 0 aromatic heterocycles. The molecule has 1 saturated heterocycles. The summed E-state index contributed by atoms with van der Waals surface area (Å²) in [6.45, 7) is 3.26. The molecule has 122 valence electrons. The number of nitrogens with zero attached hydrogens (tertiary/aromatic N) is 1. The molecule has 0 aromatic rings. The molecule has 1 aliphatic rings. The molecular formula is C17H31NO3. The van der Waals surface area contributed by atoms with Crippen LogP contribution in [0.15, 0.2) is 0 Å². The minimum Gasteiger partial charge on any atom is -0.481 e. The van der Waals surface area contributed by atoms with Crippen molar-refractivity contribution in [3.8, 4) is 0 Å². The predicted octanol–water partition coefficient (Wildman–Crippen LogP) is 3.84. The lowest BCUT2D eigenvalue weighted by molar-refractivity contribution is -0.141. The average Bonchev–Trinajstić information content (AvgIpc) is 2.95. The monoisotopic (exact) mass is 297 g/mol. The Hall–Kier alpha value is -1.06. The quantitative estimate of drug-likeness (QED) is 0.589. The van der Waals surface area contributed by atoms with Crippen molar-refractivity contribution in [3.05, 3.63) is 0 Å². The first kappa shape index (κ1) is 18.0. The molecule has 1 heterocycles. The SMILES string of the molecule is CCCCCCCCCCCC(=O)N1CCC(C(=O)O)C1. The number of hydrogen-bond donors (Lipinski definition) is 1. The van der Waals surface area contributed by atoms with Crippen molar-refractivity contribution in [1.82, 2.24) is 4.90 Å². The second kappa shape index (κ2) is 10.6. The molecule has 1 amide bonds. The number of amides is 1. The molecule has 4 nitrogen and oxygen atoms in total. The summed E-state index contributed by atoms with van der Waals surface area (Å²) >= 11 is 0. The van der Waals surface area contributed by atoms with Gasteiger partial charge in [0.1, 0.15) is 0 Å². The molecule has 0 spiro atoms. The number of carbonyl (C=O) groups excluding carboxylic acids is 1. The van der Waals surface area contributed by atoms with Crippen molar-refractivity contribution in [1.29, 1.82) is 0 Å². The number of unbranched alkanes of at least 4 members (excludes halogenated alkanes) is 8. The second-order valence-corrected chi connectivity index (χ2v) is 6.24. The van der Waals surface area contributed by atoms with Gasteiger partial charge in [-0.25, -0.2) is 0 Å². The number of carboxylic acids is 1. The van der Waals surface area contributed by atoms with Crippen molar-refractivity contribution in [3.63, 3.8) is 0 Å². The molecule has 1 unspecified atom stereocenters. The number of rotatable bonds is 11. The van der Waals surface area contributed by atoms with Crippen LogP contribution >= 0.6 is 0 Å². The summed E-state index contributed by atoms with van der Waals surface area (Å²) in [6, 6.07) is 0. The maximum Gasteiger partial charge on any atom is 0.308 e. The van der Waals surface area contributed by atoms with Gasteiger partial charge in [-0.15, -0.1) is 0 Å². The van der Waals surface area contributed by atoms with Gasteiger partial charge < -0.3 is 10.0 Å². The first-order valence-electron chi connectivity index (χ1n) is 8.65. The highest BCUT2D eigenvalue weighted by Gasteiger charge is 2.30. The molecule has 1 N–H and O–H groups in total. The molecule has 1 aliphatic heterocycles. The van der Waals surface area contributed by atoms with Crippen molar-refractivity contribution < 1.29 is 14.7 Å². The summed E-state index contributed by atoms with van der Waals surface area (Å²) in [6.07, 6.45) is 12.4. The van der Waals surface area contributed by atoms with Crippen LogP contribution in [-0.4, -0.2) is 35.0 Å². The van der Waals surface area contributed by atoms with Crippen molar-refractivity contribution in [2.45, 2.75) is 77.6 Å². The van der Waals surface area contributed by atoms with E-state index in [1.54, 1.807) is 4.90 Å². The van der Waals surface area contributed by atoms with E-state index in [4.69, 9.17) is 5.11 Å². The van der Waals surface area contributed by atoms with Crippen LogP contribution in [0.1, 0.15) is 77.6 Å². The maximum atomic E-state index is 12.0. The predicted molar refractivity (Wildman–Crippen MR) is 84.2 cm³/mol. The van der Waals surface area contributed by atoms with Crippen LogP contribution in [0.25, 0.3) is 0 Å². The van der Waals surface area contributed by atoms with Gasteiger partial charge in [0.05, 0.1) is 5.92 Å². The third-order valence-corrected chi connectivity index (χ3v) is 4.38. The molecule has 21 heavy (non-hydrogen) atoms. The summed E-state index contributed by atoms with van der Waals surface area (Å²) in [5.41, 5.74) is 0. The average molecular weight is 297 g/mol. The Bertz CT molecular complexity index is 317. The molecule has 0 radical (unpaired) electrons. The van der Waals surface area contributed by atoms with Crippen molar-refractivity contribution in [2.75, 3.05) is 13.1 Å². The lowest BCUT2D eigenvalue weighted by Crippen LogP contribution is -2.29. The summed E-state index contributed by atoms with van der Waals surface area (Å²) in [7, 11) is 0. The largest absolute Gasteiger partial charge is 0.481 e. The normalized spacial score (nSPS) is 18.1. The zero-order chi connectivity index (χ0) is 15.5. The van der Waals surface area contributed by atoms with Crippen LogP contribution in [0.4, 0.5) is 0 Å². The lowest BCUT2D eigenvalue weighted by atomic mass is 10.1. The van der Waals surface area contributed by atoms with E-state index in [1.165, 1.54) is 44.9 Å². The number of carboxylic acid groups (broad SMARTS) is 1. The first-order chi connectivity index (χ1) is 10.1. The summed E-state index contributed by atoms with van der Waals surface area (Å²) in [4.78, 5) is 24.5. The Kier molecular flexibility index (Phi) is 9.11. The fourth-order valence-corrected chi connectivity index (χ4v) is 2.93. The first-order valence-corrected chi connectivity index (χ1v) is 8.65. The van der Waals surface area contributed by atoms with Gasteiger partial charge in [-0.3, -0.25) is 9.59 Å². The molecule has 0 bridgehead atoms. The van der Waals surface area contributed by atoms with E-state index in [1.807, 2.05) is 0 Å². The van der Waals surface area contributed by atoms with E-state index < -0.39 is 5.97 Å². The van der Waals surface area contributed by atoms with Crippen LogP contribution < -0.4 is 0 Å². The smallest absolute Gasteiger partial charge is 0.308 e. The van der Waals surface area contributed by atoms with Crippen LogP contribution in [0.2, 0.25) is 0 Å². The number of aliphatic carboxylic acids is 1. The van der Waals surface area contributed by atoms with Gasteiger partial charge in [0.25, 0.3) is 0 Å². The van der Waals surface area contributed by atoms with Gasteiger partial charge in [-0.1, -0.05) is 58.3 Å². The summed E-state index contributed by atoms with van der Waals surface area (Å²) in [5, 5.41) is 8.93. The topological polar surface area (TPSA) is 57.6 Å². The molecule has 0 aliphatic carbocycles. The minimum absolute atomic E-state index is 0.140. The van der Waals surface area contributed by atoms with Gasteiger partial charge in [0.15, 0.2) is 0 Å². The standard InChI is InChI=1S/C17H31NO3/c1-2-3-4-5-6-7-8-9-10-11-16(19)18-13-12-15(14-18)17(20)21/h15H,2-14H2,1H3,(H,20,21). The van der Waals surface area contributed by atoms with Crippen LogP contribution in [0.5, 0.6) is 0 Å². The van der Waals surface area contributed by atoms with E-state index in [9.17, 15) is 9.59 Å². The summed E-state index contributed by atoms with van der Waals surface area (Å²) in [5.74, 6) is -0.980. The maximum absolute atomic E-state index is 12.0. The molecule has 0 aromatic carbocycles. The number of likely N-dealkylation sites (tertiary alicyclic amines) is 1. The van der Waals surface area contributed by atoms with Crippen LogP contribution in [-0.2, 0) is 9.59 Å². The van der Waals surface area contributed by atoms with E-state index in [0.29, 0.717) is 25.9 Å². The third-order valence-electron chi connectivity index (χ3n) is 4.38. The Morgan fingerprint density at radius 2 is 1.57 bits per heavy atom. The second-order valence-electron chi connectivity index (χ2n) is 6.24. The van der Waals surface area contributed by atoms with Gasteiger partial charge in [0, 0.05) is 19.5 Å². The third kappa shape index (κ3) is 7.49. The highest BCUT2D eigenvalue weighted by molar-refractivity contribution is 5.78. The van der Waals surface area contributed by atoms with Gasteiger partial charge in [-0.2, -0.15) is 0 Å². The highest BCUT2D eigenvalue weighted by atomic mass is 16.4. The fourth-order valence-electron chi connectivity index (χ4n) is 2.93. The zero-order valence-electron chi connectivity index (χ0n) is 13.5. The Balaban J connectivity index is 1.96. The van der Waals surface area contributed by atoms with E-state index in [0.717, 1.165) is 12.8 Å². The summed E-state index contributed by atoms with van der Waals surface area (Å²) < 4.78 is 0. The fraction of sp³-hybridized carbons (Fsp3) is 0.882. The number of carbonyl (C=O) groups is 2. The Labute approximate surface area is 128 Å². The molecule has 1 atom stereocenters. The highest BCUT2D eigenvalue weighted by Crippen LogP contribution is 2.18. The van der Waals surface area contributed by atoms with Crippen molar-refractivity contribution >= 4 is 11.9 Å². The molecule has 0 saturated carbocycles. The molecule has 4 heteroatoms. The van der Waals surface area contributed by atoms with Gasteiger partial charge in [-0.05, 0) is 12.8 Å². The lowest BCUT2D eigenvalue weighted by Gasteiger charge is -2.15. The van der Waals surface area contributed by atoms with Crippen LogP contribution in [0, 0.1) is 5.92 Å². The van der Waals surface area contributed by atoms with Gasteiger partial charge in [0.2, 0.25) is 5.91 Å². The van der Waals surface area contributed by atoms with E-state index in [-0.39, 0.29) is 11.8 Å². The molecular weight excluding hydrogens is 266 g/mol. The minimum atomic E-state index is -0.770. The molecule has 1 rings (SSSR count). The van der Waals surface area contributed by atoms with Crippen molar-refractivity contribution in [2.24, 2.45) is 5.92 Å². The van der Waals surface area contributed by atoms with Gasteiger partial charge >= 0.3 is 5.97 Å².